The van der Waals surface area contributed by atoms with Crippen LogP contribution in [0.5, 0.6) is 11.5 Å². The number of hydrogen-bond donors (Lipinski definition) is 0. The lowest BCUT2D eigenvalue weighted by atomic mass is 10.2. The van der Waals surface area contributed by atoms with Crippen molar-refractivity contribution in [2.45, 2.75) is 20.3 Å². The highest BCUT2D eigenvalue weighted by atomic mass is 16.6. The van der Waals surface area contributed by atoms with Gasteiger partial charge >= 0.3 is 17.6 Å². The van der Waals surface area contributed by atoms with Crippen LogP contribution in [0.3, 0.4) is 0 Å². The zero-order valence-corrected chi connectivity index (χ0v) is 16.1. The van der Waals surface area contributed by atoms with Gasteiger partial charge in [-0.05, 0) is 49.2 Å². The fourth-order valence-corrected chi connectivity index (χ4v) is 2.66. The molecule has 0 N–H and O–H groups in total. The minimum absolute atomic E-state index is 0.149. The summed E-state index contributed by atoms with van der Waals surface area (Å²) in [4.78, 5) is 35.8. The van der Waals surface area contributed by atoms with Gasteiger partial charge in [0.1, 0.15) is 22.6 Å². The van der Waals surface area contributed by atoms with E-state index in [1.54, 1.807) is 19.1 Å². The summed E-state index contributed by atoms with van der Waals surface area (Å²) in [5.41, 5.74) is 0.276. The Labute approximate surface area is 166 Å². The lowest BCUT2D eigenvalue weighted by molar-refractivity contribution is -0.136. The van der Waals surface area contributed by atoms with Gasteiger partial charge in [-0.15, -0.1) is 0 Å². The fourth-order valence-electron chi connectivity index (χ4n) is 2.66. The molecule has 0 saturated carbocycles. The van der Waals surface area contributed by atoms with Crippen molar-refractivity contribution in [3.05, 3.63) is 70.1 Å². The van der Waals surface area contributed by atoms with Gasteiger partial charge in [-0.1, -0.05) is 19.1 Å². The minimum atomic E-state index is -0.821. The largest absolute Gasteiger partial charge is 0.482 e. The van der Waals surface area contributed by atoms with Gasteiger partial charge < -0.3 is 18.6 Å². The zero-order chi connectivity index (χ0) is 20.8. The van der Waals surface area contributed by atoms with E-state index >= 15 is 0 Å². The van der Waals surface area contributed by atoms with Gasteiger partial charge in [-0.25, -0.2) is 14.4 Å². The van der Waals surface area contributed by atoms with Crippen LogP contribution in [0.1, 0.15) is 29.8 Å². The van der Waals surface area contributed by atoms with Gasteiger partial charge in [-0.3, -0.25) is 0 Å². The quantitative estimate of drug-likeness (QED) is 0.343. The highest BCUT2D eigenvalue weighted by Crippen LogP contribution is 2.21. The van der Waals surface area contributed by atoms with Crippen molar-refractivity contribution in [3.63, 3.8) is 0 Å². The molecule has 7 heteroatoms. The van der Waals surface area contributed by atoms with E-state index in [0.29, 0.717) is 11.1 Å². The van der Waals surface area contributed by atoms with Crippen LogP contribution >= 0.6 is 0 Å². The summed E-state index contributed by atoms with van der Waals surface area (Å²) in [7, 11) is 0. The zero-order valence-electron chi connectivity index (χ0n) is 16.1. The van der Waals surface area contributed by atoms with E-state index in [-0.39, 0.29) is 30.1 Å². The Balaban J connectivity index is 1.69. The first-order chi connectivity index (χ1) is 14.0. The van der Waals surface area contributed by atoms with Gasteiger partial charge in [0.05, 0.1) is 6.61 Å². The minimum Gasteiger partial charge on any atom is -0.482 e. The molecular formula is C22H20O7. The maximum atomic E-state index is 12.1. The van der Waals surface area contributed by atoms with Crippen LogP contribution in [0, 0.1) is 0 Å². The molecule has 0 spiro atoms. The third-order valence-electron chi connectivity index (χ3n) is 4.10. The first kappa shape index (κ1) is 20.1. The smallest absolute Gasteiger partial charge is 0.351 e. The molecule has 150 valence electrons. The van der Waals surface area contributed by atoms with Crippen molar-refractivity contribution in [1.29, 1.82) is 0 Å². The lowest BCUT2D eigenvalue weighted by Crippen LogP contribution is -2.18. The second-order valence-corrected chi connectivity index (χ2v) is 6.13. The number of ether oxygens (including phenoxy) is 3. The Morgan fingerprint density at radius 1 is 1.00 bits per heavy atom. The topological polar surface area (TPSA) is 92.0 Å². The third kappa shape index (κ3) is 5.01. The van der Waals surface area contributed by atoms with E-state index in [1.165, 1.54) is 18.2 Å². The van der Waals surface area contributed by atoms with Crippen LogP contribution < -0.4 is 15.1 Å². The third-order valence-corrected chi connectivity index (χ3v) is 4.10. The van der Waals surface area contributed by atoms with Gasteiger partial charge in [0, 0.05) is 11.5 Å². The summed E-state index contributed by atoms with van der Waals surface area (Å²) in [6.07, 6.45) is 0.863. The SMILES string of the molecule is CCOC(=O)c1cc2ccc(OC(=O)COc3cccc(CC)c3)cc2oc1=O. The average Bonchev–Trinajstić information content (AvgIpc) is 2.72. The molecule has 1 heterocycles. The molecule has 1 aromatic heterocycles. The van der Waals surface area contributed by atoms with Crippen molar-refractivity contribution < 1.29 is 28.2 Å². The van der Waals surface area contributed by atoms with Crippen LogP contribution in [0.25, 0.3) is 11.0 Å². The molecule has 0 atom stereocenters. The molecule has 0 bridgehead atoms. The molecule has 0 aliphatic carbocycles. The molecule has 0 aliphatic heterocycles. The molecular weight excluding hydrogens is 376 g/mol. The summed E-state index contributed by atoms with van der Waals surface area (Å²) in [6, 6.07) is 13.4. The lowest BCUT2D eigenvalue weighted by Gasteiger charge is -2.08. The molecule has 7 nitrogen and oxygen atoms in total. The van der Waals surface area contributed by atoms with E-state index in [0.717, 1.165) is 12.0 Å². The van der Waals surface area contributed by atoms with Crippen LogP contribution in [-0.2, 0) is 16.0 Å². The second kappa shape index (κ2) is 9.05. The number of fused-ring (bicyclic) bond motifs is 1. The van der Waals surface area contributed by atoms with Crippen molar-refractivity contribution in [3.8, 4) is 11.5 Å². The summed E-state index contributed by atoms with van der Waals surface area (Å²) >= 11 is 0. The molecule has 3 aromatic rings. The maximum absolute atomic E-state index is 12.1. The van der Waals surface area contributed by atoms with Crippen LogP contribution in [0.4, 0.5) is 0 Å². The number of esters is 2. The van der Waals surface area contributed by atoms with Crippen molar-refractivity contribution in [2.75, 3.05) is 13.2 Å². The summed E-state index contributed by atoms with van der Waals surface area (Å²) in [5, 5.41) is 0.500. The number of hydrogen-bond acceptors (Lipinski definition) is 7. The predicted octanol–water partition coefficient (Wildman–Crippen LogP) is 3.52. The molecule has 0 unspecified atom stereocenters. The first-order valence-corrected chi connectivity index (χ1v) is 9.17. The Morgan fingerprint density at radius 2 is 1.83 bits per heavy atom. The van der Waals surface area contributed by atoms with Crippen LogP contribution in [0.15, 0.2) is 57.7 Å². The summed E-state index contributed by atoms with van der Waals surface area (Å²) in [6.45, 7) is 3.56. The summed E-state index contributed by atoms with van der Waals surface area (Å²) < 4.78 is 20.7. The number of benzene rings is 2. The molecule has 0 amide bonds. The van der Waals surface area contributed by atoms with E-state index < -0.39 is 17.6 Å². The first-order valence-electron chi connectivity index (χ1n) is 9.17. The Bertz CT molecular complexity index is 1100. The highest BCUT2D eigenvalue weighted by molar-refractivity contribution is 5.93. The normalized spacial score (nSPS) is 10.6. The number of carbonyl (C=O) groups excluding carboxylic acids is 2. The molecule has 3 rings (SSSR count). The van der Waals surface area contributed by atoms with Crippen LogP contribution in [0.2, 0.25) is 0 Å². The van der Waals surface area contributed by atoms with E-state index in [9.17, 15) is 14.4 Å². The Hall–Kier alpha value is -3.61. The van der Waals surface area contributed by atoms with Crippen molar-refractivity contribution in [1.82, 2.24) is 0 Å². The van der Waals surface area contributed by atoms with Crippen LogP contribution in [-0.4, -0.2) is 25.2 Å². The standard InChI is InChI=1S/C22H20O7/c1-3-14-6-5-7-16(10-14)27-13-20(23)28-17-9-8-15-11-18(21(24)26-4-2)22(25)29-19(15)12-17/h5-12H,3-4,13H2,1-2H3. The van der Waals surface area contributed by atoms with Crippen molar-refractivity contribution >= 4 is 22.9 Å². The summed E-state index contributed by atoms with van der Waals surface area (Å²) in [5.74, 6) is -0.572. The molecule has 0 saturated heterocycles. The molecule has 0 radical (unpaired) electrons. The highest BCUT2D eigenvalue weighted by Gasteiger charge is 2.15. The number of aryl methyl sites for hydroxylation is 1. The van der Waals surface area contributed by atoms with Crippen molar-refractivity contribution in [2.24, 2.45) is 0 Å². The average molecular weight is 396 g/mol. The molecule has 29 heavy (non-hydrogen) atoms. The monoisotopic (exact) mass is 396 g/mol. The second-order valence-electron chi connectivity index (χ2n) is 6.13. The maximum Gasteiger partial charge on any atom is 0.351 e. The van der Waals surface area contributed by atoms with Gasteiger partial charge in [0.25, 0.3) is 0 Å². The Kier molecular flexibility index (Phi) is 6.29. The Morgan fingerprint density at radius 3 is 2.59 bits per heavy atom. The van der Waals surface area contributed by atoms with E-state index in [2.05, 4.69) is 0 Å². The van der Waals surface area contributed by atoms with Gasteiger partial charge in [0.15, 0.2) is 6.61 Å². The molecule has 0 fully saturated rings. The number of rotatable bonds is 7. The molecule has 0 aliphatic rings. The van der Waals surface area contributed by atoms with E-state index in [1.807, 2.05) is 25.1 Å². The predicted molar refractivity (Wildman–Crippen MR) is 105 cm³/mol. The molecule has 2 aromatic carbocycles. The van der Waals surface area contributed by atoms with Gasteiger partial charge in [0.2, 0.25) is 0 Å². The van der Waals surface area contributed by atoms with Gasteiger partial charge in [-0.2, -0.15) is 0 Å². The van der Waals surface area contributed by atoms with E-state index in [4.69, 9.17) is 18.6 Å². The number of carbonyl (C=O) groups is 2. The fraction of sp³-hybridized carbons (Fsp3) is 0.227.